The van der Waals surface area contributed by atoms with Crippen molar-refractivity contribution in [1.29, 1.82) is 0 Å². The van der Waals surface area contributed by atoms with E-state index in [1.807, 2.05) is 43.3 Å². The highest BCUT2D eigenvalue weighted by atomic mass is 32.2. The first-order valence-corrected chi connectivity index (χ1v) is 10.3. The minimum absolute atomic E-state index is 0.191. The molecular formula is C21H16F3N5S. The topological polar surface area (TPSA) is 48.0 Å². The van der Waals surface area contributed by atoms with Crippen molar-refractivity contribution in [3.63, 3.8) is 0 Å². The van der Waals surface area contributed by atoms with Gasteiger partial charge in [0.1, 0.15) is 21.9 Å². The molecule has 4 aromatic heterocycles. The highest BCUT2D eigenvalue weighted by Crippen LogP contribution is 2.36. The van der Waals surface area contributed by atoms with E-state index in [9.17, 15) is 13.2 Å². The monoisotopic (exact) mass is 427 g/mol. The number of hydrogen-bond donors (Lipinski definition) is 0. The molecule has 30 heavy (non-hydrogen) atoms. The number of alkyl halides is 3. The van der Waals surface area contributed by atoms with E-state index in [4.69, 9.17) is 4.98 Å². The van der Waals surface area contributed by atoms with Crippen LogP contribution in [-0.2, 0) is 13.2 Å². The van der Waals surface area contributed by atoms with Gasteiger partial charge in [0.25, 0.3) is 0 Å². The quantitative estimate of drug-likeness (QED) is 0.353. The summed E-state index contributed by atoms with van der Waals surface area (Å²) in [5, 5.41) is 1.98. The predicted molar refractivity (Wildman–Crippen MR) is 112 cm³/mol. The van der Waals surface area contributed by atoms with Crippen LogP contribution in [0.1, 0.15) is 12.5 Å². The van der Waals surface area contributed by atoms with Crippen LogP contribution in [0.2, 0.25) is 0 Å². The summed E-state index contributed by atoms with van der Waals surface area (Å²) in [6.07, 6.45) is -3.63. The molecule has 4 heterocycles. The van der Waals surface area contributed by atoms with Crippen molar-refractivity contribution in [3.8, 4) is 11.5 Å². The average molecular weight is 427 g/mol. The molecule has 0 unspecified atom stereocenters. The van der Waals surface area contributed by atoms with Crippen molar-refractivity contribution >= 4 is 39.5 Å². The van der Waals surface area contributed by atoms with Crippen LogP contribution < -0.4 is 0 Å². The second-order valence-electron chi connectivity index (χ2n) is 6.84. The molecule has 0 saturated heterocycles. The van der Waals surface area contributed by atoms with Crippen molar-refractivity contribution in [2.45, 2.75) is 18.1 Å². The predicted octanol–water partition coefficient (Wildman–Crippen LogP) is 5.57. The Hall–Kier alpha value is -3.07. The number of benzene rings is 1. The first kappa shape index (κ1) is 18.9. The average Bonchev–Trinajstić information content (AvgIpc) is 3.25. The van der Waals surface area contributed by atoms with Crippen LogP contribution in [0.15, 0.2) is 53.7 Å². The Labute approximate surface area is 173 Å². The molecule has 0 aliphatic rings. The fourth-order valence-electron chi connectivity index (χ4n) is 3.62. The molecule has 0 saturated carbocycles. The van der Waals surface area contributed by atoms with Crippen molar-refractivity contribution in [2.24, 2.45) is 7.05 Å². The van der Waals surface area contributed by atoms with E-state index in [2.05, 4.69) is 14.4 Å². The van der Waals surface area contributed by atoms with Gasteiger partial charge in [-0.2, -0.15) is 13.2 Å². The second kappa shape index (κ2) is 6.73. The Balaban J connectivity index is 1.80. The van der Waals surface area contributed by atoms with Gasteiger partial charge in [-0.05, 0) is 35.4 Å². The van der Waals surface area contributed by atoms with Crippen molar-refractivity contribution in [1.82, 2.24) is 23.9 Å². The fourth-order valence-corrected chi connectivity index (χ4v) is 4.49. The number of aryl methyl sites for hydroxylation is 1. The molecule has 1 aromatic carbocycles. The molecule has 0 aliphatic carbocycles. The Morgan fingerprint density at radius 1 is 1.07 bits per heavy atom. The molecule has 0 radical (unpaired) electrons. The lowest BCUT2D eigenvalue weighted by atomic mass is 10.2. The summed E-state index contributed by atoms with van der Waals surface area (Å²) in [6.45, 7) is 2.05. The van der Waals surface area contributed by atoms with Gasteiger partial charge in [0.2, 0.25) is 0 Å². The smallest absolute Gasteiger partial charge is 0.310 e. The van der Waals surface area contributed by atoms with Crippen LogP contribution in [0.4, 0.5) is 13.2 Å². The number of para-hydroxylation sites is 1. The van der Waals surface area contributed by atoms with Crippen LogP contribution in [0.3, 0.4) is 0 Å². The zero-order valence-electron chi connectivity index (χ0n) is 16.1. The molecule has 9 heteroatoms. The third-order valence-electron chi connectivity index (χ3n) is 4.98. The van der Waals surface area contributed by atoms with Gasteiger partial charge in [-0.25, -0.2) is 15.0 Å². The number of imidazole rings is 2. The maximum atomic E-state index is 13.1. The highest BCUT2D eigenvalue weighted by molar-refractivity contribution is 7.99. The van der Waals surface area contributed by atoms with Gasteiger partial charge in [-0.1, -0.05) is 25.1 Å². The van der Waals surface area contributed by atoms with Gasteiger partial charge in [0.05, 0.1) is 11.1 Å². The molecule has 0 fully saturated rings. The Bertz CT molecular complexity index is 1420. The van der Waals surface area contributed by atoms with Crippen LogP contribution in [-0.4, -0.2) is 29.7 Å². The normalized spacial score (nSPS) is 12.4. The molecule has 0 amide bonds. The second-order valence-corrected chi connectivity index (χ2v) is 8.10. The van der Waals surface area contributed by atoms with Crippen molar-refractivity contribution in [2.75, 3.05) is 5.75 Å². The Kier molecular flexibility index (Phi) is 4.25. The van der Waals surface area contributed by atoms with E-state index >= 15 is 0 Å². The summed E-state index contributed by atoms with van der Waals surface area (Å²) < 4.78 is 43.1. The number of pyridine rings is 2. The van der Waals surface area contributed by atoms with Crippen LogP contribution in [0, 0.1) is 0 Å². The van der Waals surface area contributed by atoms with Gasteiger partial charge in [-0.15, -0.1) is 11.8 Å². The van der Waals surface area contributed by atoms with Crippen LogP contribution in [0.25, 0.3) is 39.2 Å². The molecule has 0 atom stereocenters. The molecule has 152 valence electrons. The lowest BCUT2D eigenvalue weighted by molar-refractivity contribution is -0.137. The van der Waals surface area contributed by atoms with Gasteiger partial charge >= 0.3 is 6.18 Å². The number of rotatable bonds is 3. The standard InChI is InChI=1S/C21H16F3N5S/c1-3-30-20-17(27-16-9-8-12-6-4-5-7-15(12)29(16)20)19-26-14-10-13(21(22,23)24)11-25-18(14)28(19)2/h4-11H,3H2,1-2H3. The molecule has 0 bridgehead atoms. The third-order valence-corrected chi connectivity index (χ3v) is 5.92. The largest absolute Gasteiger partial charge is 0.417 e. The van der Waals surface area contributed by atoms with Crippen LogP contribution in [0.5, 0.6) is 0 Å². The van der Waals surface area contributed by atoms with Gasteiger partial charge < -0.3 is 4.57 Å². The van der Waals surface area contributed by atoms with Crippen molar-refractivity contribution in [3.05, 3.63) is 54.2 Å². The summed E-state index contributed by atoms with van der Waals surface area (Å²) in [5.41, 5.74) is 2.16. The Morgan fingerprint density at radius 3 is 2.63 bits per heavy atom. The minimum Gasteiger partial charge on any atom is -0.310 e. The molecule has 0 spiro atoms. The van der Waals surface area contributed by atoms with Crippen molar-refractivity contribution < 1.29 is 13.2 Å². The van der Waals surface area contributed by atoms with Crippen LogP contribution >= 0.6 is 11.8 Å². The fraction of sp³-hybridized carbons (Fsp3) is 0.190. The molecule has 5 aromatic rings. The lowest BCUT2D eigenvalue weighted by Gasteiger charge is -2.07. The number of nitrogens with zero attached hydrogens (tertiary/aromatic N) is 5. The zero-order valence-corrected chi connectivity index (χ0v) is 16.9. The number of fused-ring (bicyclic) bond motifs is 4. The first-order chi connectivity index (χ1) is 14.4. The van der Waals surface area contributed by atoms with E-state index < -0.39 is 11.7 Å². The number of aromatic nitrogens is 5. The third kappa shape index (κ3) is 2.84. The first-order valence-electron chi connectivity index (χ1n) is 9.31. The summed E-state index contributed by atoms with van der Waals surface area (Å²) >= 11 is 1.62. The Morgan fingerprint density at radius 2 is 1.87 bits per heavy atom. The van der Waals surface area contributed by atoms with E-state index in [-0.39, 0.29) is 5.52 Å². The zero-order chi connectivity index (χ0) is 21.0. The number of hydrogen-bond acceptors (Lipinski definition) is 4. The minimum atomic E-state index is -4.47. The summed E-state index contributed by atoms with van der Waals surface area (Å²) in [5.74, 6) is 1.30. The lowest BCUT2D eigenvalue weighted by Crippen LogP contribution is -2.05. The summed E-state index contributed by atoms with van der Waals surface area (Å²) in [7, 11) is 1.74. The maximum Gasteiger partial charge on any atom is 0.417 e. The molecule has 0 N–H and O–H groups in total. The molecule has 5 nitrogen and oxygen atoms in total. The summed E-state index contributed by atoms with van der Waals surface area (Å²) in [4.78, 5) is 13.3. The van der Waals surface area contributed by atoms with E-state index in [1.165, 1.54) is 0 Å². The maximum absolute atomic E-state index is 13.1. The molecule has 5 rings (SSSR count). The number of halogens is 3. The number of thioether (sulfide) groups is 1. The SMILES string of the molecule is CCSc1c(-c2nc3cc(C(F)(F)F)cnc3n2C)nc2ccc3ccccc3n12. The van der Waals surface area contributed by atoms with E-state index in [0.717, 1.165) is 39.6 Å². The van der Waals surface area contributed by atoms with E-state index in [1.54, 1.807) is 23.4 Å². The molecular weight excluding hydrogens is 411 g/mol. The molecule has 0 aliphatic heterocycles. The highest BCUT2D eigenvalue weighted by Gasteiger charge is 2.32. The van der Waals surface area contributed by atoms with Gasteiger partial charge in [-0.3, -0.25) is 4.40 Å². The van der Waals surface area contributed by atoms with E-state index in [0.29, 0.717) is 17.2 Å². The summed E-state index contributed by atoms with van der Waals surface area (Å²) in [6, 6.07) is 13.0. The van der Waals surface area contributed by atoms with Gasteiger partial charge in [0.15, 0.2) is 11.5 Å². The van der Waals surface area contributed by atoms with Gasteiger partial charge in [0, 0.05) is 13.2 Å².